The Bertz CT molecular complexity index is 198. The molecule has 0 saturated carbocycles. The topological polar surface area (TPSA) is 73.1 Å². The molecule has 4 heteroatoms. The molecule has 0 radical (unpaired) electrons. The minimum absolute atomic E-state index is 0.130. The van der Waals surface area contributed by atoms with Gasteiger partial charge in [-0.15, -0.1) is 0 Å². The molecule has 74 valence electrons. The molecule has 0 fully saturated rings. The lowest BCUT2D eigenvalue weighted by molar-refractivity contribution is -0.123. The third-order valence-corrected chi connectivity index (χ3v) is 1.83. The van der Waals surface area contributed by atoms with Crippen LogP contribution in [0.3, 0.4) is 0 Å². The van der Waals surface area contributed by atoms with Crippen molar-refractivity contribution in [1.29, 1.82) is 5.26 Å². The summed E-state index contributed by atoms with van der Waals surface area (Å²) < 4.78 is 0. The van der Waals surface area contributed by atoms with Crippen LogP contribution in [0.2, 0.25) is 0 Å². The van der Waals surface area contributed by atoms with Crippen LogP contribution in [0.5, 0.6) is 0 Å². The van der Waals surface area contributed by atoms with E-state index in [1.54, 1.807) is 6.92 Å². The third-order valence-electron chi connectivity index (χ3n) is 1.83. The zero-order chi connectivity index (χ0) is 10.3. The number of amides is 1. The first-order valence-corrected chi connectivity index (χ1v) is 4.40. The lowest BCUT2D eigenvalue weighted by Crippen LogP contribution is -2.32. The van der Waals surface area contributed by atoms with Crippen LogP contribution in [0.25, 0.3) is 0 Å². The molecule has 13 heavy (non-hydrogen) atoms. The smallest absolute Gasteiger partial charge is 0.237 e. The van der Waals surface area contributed by atoms with Crippen molar-refractivity contribution < 1.29 is 9.90 Å². The van der Waals surface area contributed by atoms with Crippen molar-refractivity contribution >= 4 is 5.91 Å². The van der Waals surface area contributed by atoms with Gasteiger partial charge >= 0.3 is 0 Å². The second kappa shape index (κ2) is 6.44. The summed E-state index contributed by atoms with van der Waals surface area (Å²) >= 11 is 0. The number of hydrogen-bond donors (Lipinski definition) is 2. The van der Waals surface area contributed by atoms with Gasteiger partial charge in [-0.2, -0.15) is 5.26 Å². The van der Waals surface area contributed by atoms with Crippen molar-refractivity contribution in [2.24, 2.45) is 11.8 Å². The van der Waals surface area contributed by atoms with E-state index < -0.39 is 5.92 Å². The van der Waals surface area contributed by atoms with Gasteiger partial charge in [0.25, 0.3) is 0 Å². The van der Waals surface area contributed by atoms with Gasteiger partial charge in [0, 0.05) is 13.2 Å². The van der Waals surface area contributed by atoms with E-state index in [0.717, 1.165) is 0 Å². The van der Waals surface area contributed by atoms with Gasteiger partial charge in [-0.1, -0.05) is 6.92 Å². The van der Waals surface area contributed by atoms with E-state index in [2.05, 4.69) is 5.32 Å². The van der Waals surface area contributed by atoms with Gasteiger partial charge in [-0.25, -0.2) is 0 Å². The summed E-state index contributed by atoms with van der Waals surface area (Å²) in [5, 5.41) is 19.7. The average molecular weight is 184 g/mol. The summed E-state index contributed by atoms with van der Waals surface area (Å²) in [6.45, 7) is 4.15. The fraction of sp³-hybridized carbons (Fsp3) is 0.778. The standard InChI is InChI=1S/C9H16N2O2/c1-7(3-4-12)6-11-9(13)8(2)5-10/h7-8,12H,3-4,6H2,1-2H3,(H,11,13). The maximum atomic E-state index is 11.1. The van der Waals surface area contributed by atoms with Gasteiger partial charge < -0.3 is 10.4 Å². The maximum absolute atomic E-state index is 11.1. The lowest BCUT2D eigenvalue weighted by atomic mass is 10.1. The molecule has 0 aliphatic carbocycles. The first kappa shape index (κ1) is 11.9. The molecule has 2 N–H and O–H groups in total. The van der Waals surface area contributed by atoms with Gasteiger partial charge in [0.05, 0.1) is 6.07 Å². The Labute approximate surface area is 78.6 Å². The molecule has 0 aromatic rings. The van der Waals surface area contributed by atoms with Gasteiger partial charge in [-0.3, -0.25) is 4.79 Å². The number of nitrogens with one attached hydrogen (secondary N) is 1. The van der Waals surface area contributed by atoms with Crippen molar-refractivity contribution in [3.05, 3.63) is 0 Å². The highest BCUT2D eigenvalue weighted by molar-refractivity contribution is 5.80. The Balaban J connectivity index is 3.65. The fourth-order valence-corrected chi connectivity index (χ4v) is 0.809. The summed E-state index contributed by atoms with van der Waals surface area (Å²) in [5.74, 6) is -0.589. The van der Waals surface area contributed by atoms with Crippen LogP contribution in [0.1, 0.15) is 20.3 Å². The molecule has 0 aliphatic heterocycles. The van der Waals surface area contributed by atoms with E-state index in [9.17, 15) is 4.79 Å². The molecular weight excluding hydrogens is 168 g/mol. The van der Waals surface area contributed by atoms with E-state index in [0.29, 0.717) is 13.0 Å². The first-order chi connectivity index (χ1) is 6.11. The van der Waals surface area contributed by atoms with Crippen LogP contribution in [0.4, 0.5) is 0 Å². The molecule has 0 rings (SSSR count). The Kier molecular flexibility index (Phi) is 5.90. The SMILES string of the molecule is CC(CCO)CNC(=O)C(C)C#N. The summed E-state index contributed by atoms with van der Waals surface area (Å²) in [5.41, 5.74) is 0. The van der Waals surface area contributed by atoms with Crippen LogP contribution < -0.4 is 5.32 Å². The monoisotopic (exact) mass is 184 g/mol. The van der Waals surface area contributed by atoms with Crippen LogP contribution in [-0.2, 0) is 4.79 Å². The Morgan fingerprint density at radius 1 is 1.62 bits per heavy atom. The van der Waals surface area contributed by atoms with Crippen molar-refractivity contribution in [3.8, 4) is 6.07 Å². The van der Waals surface area contributed by atoms with Crippen molar-refractivity contribution in [1.82, 2.24) is 5.32 Å². The van der Waals surface area contributed by atoms with Crippen LogP contribution in [-0.4, -0.2) is 24.2 Å². The molecule has 2 unspecified atom stereocenters. The molecule has 2 atom stereocenters. The lowest BCUT2D eigenvalue weighted by Gasteiger charge is -2.11. The summed E-state index contributed by atoms with van der Waals surface area (Å²) in [7, 11) is 0. The quantitative estimate of drug-likeness (QED) is 0.644. The predicted molar refractivity (Wildman–Crippen MR) is 48.7 cm³/mol. The minimum Gasteiger partial charge on any atom is -0.396 e. The molecule has 0 aromatic carbocycles. The molecule has 1 amide bonds. The molecule has 0 spiro atoms. The number of carbonyl (C=O) groups is 1. The molecular formula is C9H16N2O2. The second-order valence-electron chi connectivity index (χ2n) is 3.21. The van der Waals surface area contributed by atoms with Crippen molar-refractivity contribution in [2.75, 3.05) is 13.2 Å². The second-order valence-corrected chi connectivity index (χ2v) is 3.21. The summed E-state index contributed by atoms with van der Waals surface area (Å²) in [4.78, 5) is 11.1. The van der Waals surface area contributed by atoms with E-state index >= 15 is 0 Å². The van der Waals surface area contributed by atoms with Gasteiger partial charge in [-0.05, 0) is 19.3 Å². The first-order valence-electron chi connectivity index (χ1n) is 4.40. The summed E-state index contributed by atoms with van der Waals surface area (Å²) in [6.07, 6.45) is 0.668. The number of aliphatic hydroxyl groups is 1. The van der Waals surface area contributed by atoms with E-state index in [1.807, 2.05) is 13.0 Å². The minimum atomic E-state index is -0.596. The largest absolute Gasteiger partial charge is 0.396 e. The van der Waals surface area contributed by atoms with E-state index in [1.165, 1.54) is 0 Å². The van der Waals surface area contributed by atoms with Crippen LogP contribution in [0, 0.1) is 23.2 Å². The number of hydrogen-bond acceptors (Lipinski definition) is 3. The average Bonchev–Trinajstić information content (AvgIpc) is 2.13. The fourth-order valence-electron chi connectivity index (χ4n) is 0.809. The molecule has 0 bridgehead atoms. The molecule has 0 heterocycles. The zero-order valence-electron chi connectivity index (χ0n) is 8.08. The van der Waals surface area contributed by atoms with E-state index in [4.69, 9.17) is 10.4 Å². The van der Waals surface area contributed by atoms with Crippen molar-refractivity contribution in [3.63, 3.8) is 0 Å². The third kappa shape index (κ3) is 5.21. The number of nitrogens with zero attached hydrogens (tertiary/aromatic N) is 1. The highest BCUT2D eigenvalue weighted by Gasteiger charge is 2.11. The highest BCUT2D eigenvalue weighted by atomic mass is 16.3. The van der Waals surface area contributed by atoms with Gasteiger partial charge in [0.1, 0.15) is 5.92 Å². The molecule has 0 saturated heterocycles. The summed E-state index contributed by atoms with van der Waals surface area (Å²) in [6, 6.07) is 1.86. The number of rotatable bonds is 5. The van der Waals surface area contributed by atoms with Gasteiger partial charge in [0.15, 0.2) is 0 Å². The Morgan fingerprint density at radius 3 is 2.69 bits per heavy atom. The highest BCUT2D eigenvalue weighted by Crippen LogP contribution is 1.99. The van der Waals surface area contributed by atoms with Crippen LogP contribution >= 0.6 is 0 Å². The van der Waals surface area contributed by atoms with Gasteiger partial charge in [0.2, 0.25) is 5.91 Å². The van der Waals surface area contributed by atoms with Crippen molar-refractivity contribution in [2.45, 2.75) is 20.3 Å². The molecule has 0 aliphatic rings. The molecule has 4 nitrogen and oxygen atoms in total. The Hall–Kier alpha value is -1.08. The normalized spacial score (nSPS) is 14.3. The zero-order valence-corrected chi connectivity index (χ0v) is 8.08. The van der Waals surface area contributed by atoms with E-state index in [-0.39, 0.29) is 18.4 Å². The number of carbonyl (C=O) groups excluding carboxylic acids is 1. The number of aliphatic hydroxyl groups excluding tert-OH is 1. The van der Waals surface area contributed by atoms with Crippen LogP contribution in [0.15, 0.2) is 0 Å². The predicted octanol–water partition coefficient (Wildman–Crippen LogP) is 0.281. The number of nitriles is 1. The Morgan fingerprint density at radius 2 is 2.23 bits per heavy atom. The molecule has 0 aromatic heterocycles. The maximum Gasteiger partial charge on any atom is 0.237 e.